The van der Waals surface area contributed by atoms with E-state index < -0.39 is 0 Å². The summed E-state index contributed by atoms with van der Waals surface area (Å²) in [6.07, 6.45) is 0. The summed E-state index contributed by atoms with van der Waals surface area (Å²) in [5.41, 5.74) is 1.17. The molecule has 1 amide bonds. The summed E-state index contributed by atoms with van der Waals surface area (Å²) in [5.74, 6) is -0.377. The lowest BCUT2D eigenvalue weighted by Gasteiger charge is -2.11. The fraction of sp³-hybridized carbons (Fsp3) is 0. The van der Waals surface area contributed by atoms with Crippen molar-refractivity contribution in [2.24, 2.45) is 0 Å². The van der Waals surface area contributed by atoms with Crippen LogP contribution < -0.4 is 10.9 Å². The Bertz CT molecular complexity index is 1190. The minimum Gasteiger partial charge on any atom is -0.321 e. The smallest absolute Gasteiger partial charge is 0.279 e. The molecular formula is C21H14BrN3O2. The van der Waals surface area contributed by atoms with Crippen LogP contribution in [0.5, 0.6) is 0 Å². The first-order valence-electron chi connectivity index (χ1n) is 8.28. The van der Waals surface area contributed by atoms with Gasteiger partial charge in [-0.1, -0.05) is 52.3 Å². The van der Waals surface area contributed by atoms with Gasteiger partial charge in [-0.2, -0.15) is 9.78 Å². The molecule has 0 atom stereocenters. The van der Waals surface area contributed by atoms with Gasteiger partial charge in [-0.3, -0.25) is 9.59 Å². The van der Waals surface area contributed by atoms with Gasteiger partial charge in [0, 0.05) is 15.5 Å². The van der Waals surface area contributed by atoms with Crippen LogP contribution in [-0.4, -0.2) is 15.7 Å². The second-order valence-electron chi connectivity index (χ2n) is 5.91. The highest BCUT2D eigenvalue weighted by atomic mass is 79.9. The maximum atomic E-state index is 12.9. The molecule has 1 N–H and O–H groups in total. The predicted molar refractivity (Wildman–Crippen MR) is 109 cm³/mol. The van der Waals surface area contributed by atoms with Gasteiger partial charge in [-0.05, 0) is 42.5 Å². The molecule has 132 valence electrons. The van der Waals surface area contributed by atoms with Gasteiger partial charge in [-0.15, -0.1) is 0 Å². The molecule has 6 heteroatoms. The maximum absolute atomic E-state index is 12.9. The van der Waals surface area contributed by atoms with Crippen LogP contribution in [0.4, 0.5) is 5.69 Å². The van der Waals surface area contributed by atoms with E-state index >= 15 is 0 Å². The molecule has 0 saturated carbocycles. The number of halogens is 1. The van der Waals surface area contributed by atoms with E-state index in [-0.39, 0.29) is 17.2 Å². The Balaban J connectivity index is 1.86. The summed E-state index contributed by atoms with van der Waals surface area (Å²) in [5, 5.41) is 8.17. The van der Waals surface area contributed by atoms with Crippen LogP contribution in [0.2, 0.25) is 0 Å². The Labute approximate surface area is 163 Å². The molecule has 0 fully saturated rings. The number of hydrogen-bond donors (Lipinski definition) is 1. The number of carbonyl (C=O) groups excluding carboxylic acids is 1. The molecule has 0 aliphatic carbocycles. The summed E-state index contributed by atoms with van der Waals surface area (Å²) in [4.78, 5) is 25.8. The number of benzene rings is 3. The van der Waals surface area contributed by atoms with E-state index in [0.29, 0.717) is 22.1 Å². The highest BCUT2D eigenvalue weighted by molar-refractivity contribution is 9.10. The lowest BCUT2D eigenvalue weighted by Crippen LogP contribution is -2.26. The van der Waals surface area contributed by atoms with Crippen molar-refractivity contribution in [1.82, 2.24) is 9.78 Å². The predicted octanol–water partition coefficient (Wildman–Crippen LogP) is 4.40. The van der Waals surface area contributed by atoms with Crippen LogP contribution in [0, 0.1) is 0 Å². The van der Waals surface area contributed by atoms with Crippen molar-refractivity contribution in [2.45, 2.75) is 0 Å². The SMILES string of the molecule is O=C(Nc1ccc(Br)cc1)c1nn(-c2ccccc2)c(=O)c2ccccc12. The van der Waals surface area contributed by atoms with Crippen molar-refractivity contribution in [3.63, 3.8) is 0 Å². The van der Waals surface area contributed by atoms with E-state index in [1.165, 1.54) is 4.68 Å². The van der Waals surface area contributed by atoms with Gasteiger partial charge in [-0.25, -0.2) is 0 Å². The van der Waals surface area contributed by atoms with Crippen LogP contribution in [0.1, 0.15) is 10.5 Å². The number of nitrogens with zero attached hydrogens (tertiary/aromatic N) is 2. The minimum atomic E-state index is -0.377. The molecule has 1 aromatic heterocycles. The van der Waals surface area contributed by atoms with Crippen molar-refractivity contribution in [3.05, 3.63) is 99.4 Å². The number of anilines is 1. The van der Waals surface area contributed by atoms with Crippen LogP contribution in [0.3, 0.4) is 0 Å². The first-order chi connectivity index (χ1) is 13.1. The molecular weight excluding hydrogens is 406 g/mol. The summed E-state index contributed by atoms with van der Waals surface area (Å²) >= 11 is 3.37. The highest BCUT2D eigenvalue weighted by Crippen LogP contribution is 2.18. The Morgan fingerprint density at radius 2 is 1.48 bits per heavy atom. The summed E-state index contributed by atoms with van der Waals surface area (Å²) in [6, 6.07) is 23.3. The molecule has 1 heterocycles. The molecule has 27 heavy (non-hydrogen) atoms. The van der Waals surface area contributed by atoms with E-state index in [9.17, 15) is 9.59 Å². The number of nitrogens with one attached hydrogen (secondary N) is 1. The van der Waals surface area contributed by atoms with Gasteiger partial charge < -0.3 is 5.32 Å². The van der Waals surface area contributed by atoms with E-state index in [1.807, 2.05) is 30.3 Å². The van der Waals surface area contributed by atoms with Gasteiger partial charge in [0.1, 0.15) is 0 Å². The number of fused-ring (bicyclic) bond motifs is 1. The largest absolute Gasteiger partial charge is 0.321 e. The monoisotopic (exact) mass is 419 g/mol. The Hall–Kier alpha value is -3.25. The van der Waals surface area contributed by atoms with Crippen LogP contribution in [0.15, 0.2) is 88.1 Å². The number of hydrogen-bond acceptors (Lipinski definition) is 3. The van der Waals surface area contributed by atoms with Crippen molar-refractivity contribution in [2.75, 3.05) is 5.32 Å². The maximum Gasteiger partial charge on any atom is 0.279 e. The standard InChI is InChI=1S/C21H14BrN3O2/c22-14-10-12-15(13-11-14)23-20(26)19-17-8-4-5-9-18(17)21(27)25(24-19)16-6-2-1-3-7-16/h1-13H,(H,23,26). The summed E-state index contributed by atoms with van der Waals surface area (Å²) < 4.78 is 2.18. The molecule has 0 bridgehead atoms. The molecule has 5 nitrogen and oxygen atoms in total. The van der Waals surface area contributed by atoms with E-state index in [2.05, 4.69) is 26.3 Å². The molecule has 0 radical (unpaired) electrons. The zero-order valence-electron chi connectivity index (χ0n) is 14.1. The number of para-hydroxylation sites is 1. The third kappa shape index (κ3) is 3.39. The third-order valence-corrected chi connectivity index (χ3v) is 4.65. The van der Waals surface area contributed by atoms with E-state index in [0.717, 1.165) is 4.47 Å². The number of amides is 1. The van der Waals surface area contributed by atoms with Crippen molar-refractivity contribution in [1.29, 1.82) is 0 Å². The molecule has 0 aliphatic rings. The lowest BCUT2D eigenvalue weighted by molar-refractivity contribution is 0.102. The van der Waals surface area contributed by atoms with Gasteiger partial charge in [0.25, 0.3) is 11.5 Å². The van der Waals surface area contributed by atoms with Crippen LogP contribution >= 0.6 is 15.9 Å². The molecule has 3 aromatic carbocycles. The second-order valence-corrected chi connectivity index (χ2v) is 6.82. The fourth-order valence-corrected chi connectivity index (χ4v) is 3.09. The average molecular weight is 420 g/mol. The zero-order valence-corrected chi connectivity index (χ0v) is 15.7. The number of aromatic nitrogens is 2. The third-order valence-electron chi connectivity index (χ3n) is 4.12. The summed E-state index contributed by atoms with van der Waals surface area (Å²) in [6.45, 7) is 0. The van der Waals surface area contributed by atoms with Gasteiger partial charge in [0.2, 0.25) is 0 Å². The van der Waals surface area contributed by atoms with Crippen molar-refractivity contribution >= 4 is 38.3 Å². The highest BCUT2D eigenvalue weighted by Gasteiger charge is 2.17. The van der Waals surface area contributed by atoms with Crippen LogP contribution in [0.25, 0.3) is 16.5 Å². The first-order valence-corrected chi connectivity index (χ1v) is 9.07. The topological polar surface area (TPSA) is 64.0 Å². The van der Waals surface area contributed by atoms with Gasteiger partial charge in [0.05, 0.1) is 11.1 Å². The van der Waals surface area contributed by atoms with Gasteiger partial charge in [0.15, 0.2) is 5.69 Å². The van der Waals surface area contributed by atoms with E-state index in [1.54, 1.807) is 48.5 Å². The first kappa shape index (κ1) is 17.2. The summed E-state index contributed by atoms with van der Waals surface area (Å²) in [7, 11) is 0. The molecule has 4 rings (SSSR count). The quantitative estimate of drug-likeness (QED) is 0.535. The van der Waals surface area contributed by atoms with Crippen molar-refractivity contribution in [3.8, 4) is 5.69 Å². The van der Waals surface area contributed by atoms with Crippen molar-refractivity contribution < 1.29 is 4.79 Å². The zero-order chi connectivity index (χ0) is 18.8. The Kier molecular flexibility index (Phi) is 4.56. The molecule has 0 unspecified atom stereocenters. The molecule has 0 aliphatic heterocycles. The van der Waals surface area contributed by atoms with Crippen LogP contribution in [-0.2, 0) is 0 Å². The van der Waals surface area contributed by atoms with Gasteiger partial charge >= 0.3 is 0 Å². The number of rotatable bonds is 3. The normalized spacial score (nSPS) is 10.7. The molecule has 0 spiro atoms. The fourth-order valence-electron chi connectivity index (χ4n) is 2.82. The number of carbonyl (C=O) groups is 1. The molecule has 0 saturated heterocycles. The lowest BCUT2D eigenvalue weighted by atomic mass is 10.1. The average Bonchev–Trinajstić information content (AvgIpc) is 2.71. The minimum absolute atomic E-state index is 0.192. The Morgan fingerprint density at radius 3 is 2.19 bits per heavy atom. The second kappa shape index (κ2) is 7.17. The van der Waals surface area contributed by atoms with E-state index in [4.69, 9.17) is 0 Å². The molecule has 4 aromatic rings. The Morgan fingerprint density at radius 1 is 0.852 bits per heavy atom.